The van der Waals surface area contributed by atoms with Crippen LogP contribution in [-0.4, -0.2) is 276 Å². The van der Waals surface area contributed by atoms with Gasteiger partial charge in [0.25, 0.3) is 0 Å². The molecule has 0 heterocycles. The van der Waals surface area contributed by atoms with Crippen LogP contribution in [0.5, 0.6) is 0 Å². The summed E-state index contributed by atoms with van der Waals surface area (Å²) in [6.07, 6.45) is 16.2. The Bertz CT molecular complexity index is 1110. The molecular weight excluding hydrogens is 853 g/mol. The van der Waals surface area contributed by atoms with Gasteiger partial charge in [-0.1, -0.05) is 25.7 Å². The molecule has 0 aromatic rings. The predicted molar refractivity (Wildman–Crippen MR) is 289 cm³/mol. The van der Waals surface area contributed by atoms with Crippen molar-refractivity contribution in [3.05, 3.63) is 0 Å². The highest BCUT2D eigenvalue weighted by Gasteiger charge is 2.24. The molecule has 0 aromatic heterocycles. The summed E-state index contributed by atoms with van der Waals surface area (Å²) in [4.78, 5) is 15.7. The van der Waals surface area contributed by atoms with E-state index in [1.165, 1.54) is 77.0 Å². The molecule has 18 nitrogen and oxygen atoms in total. The average Bonchev–Trinajstić information content (AvgIpc) is 3.27. The Kier molecular flexibility index (Phi) is 35.8. The SMILES string of the molecule is NCCNCCN(CCNCCN(CCNCCN(CCN)CCN(CCNC1CCC1)CCN(CCN)CCNC1CCC1)CCN(CCN)CCNCCNCCNC1CCC1)C1CCC1. The van der Waals surface area contributed by atoms with Crippen molar-refractivity contribution in [1.29, 1.82) is 0 Å². The third-order valence-electron chi connectivity index (χ3n) is 15.3. The summed E-state index contributed by atoms with van der Waals surface area (Å²) in [5.41, 5.74) is 24.2. The summed E-state index contributed by atoms with van der Waals surface area (Å²) in [6.45, 7) is 33.6. The van der Waals surface area contributed by atoms with Gasteiger partial charge in [0.1, 0.15) is 0 Å². The number of nitrogens with one attached hydrogen (secondary N) is 8. The molecule has 4 aliphatic carbocycles. The van der Waals surface area contributed by atoms with Crippen molar-refractivity contribution in [2.45, 2.75) is 101 Å². The zero-order valence-corrected chi connectivity index (χ0v) is 43.8. The lowest BCUT2D eigenvalue weighted by Crippen LogP contribution is -2.48. The molecule has 68 heavy (non-hydrogen) atoms. The van der Waals surface area contributed by atoms with Crippen LogP contribution in [-0.2, 0) is 0 Å². The van der Waals surface area contributed by atoms with E-state index in [-0.39, 0.29) is 0 Å². The normalized spacial score (nSPS) is 17.4. The van der Waals surface area contributed by atoms with E-state index in [0.717, 1.165) is 221 Å². The lowest BCUT2D eigenvalue weighted by Gasteiger charge is -2.37. The molecule has 0 unspecified atom stereocenters. The van der Waals surface area contributed by atoms with Gasteiger partial charge in [-0.15, -0.1) is 0 Å². The van der Waals surface area contributed by atoms with Crippen molar-refractivity contribution in [3.8, 4) is 0 Å². The molecule has 0 radical (unpaired) electrons. The van der Waals surface area contributed by atoms with Gasteiger partial charge in [0, 0.05) is 247 Å². The van der Waals surface area contributed by atoms with Gasteiger partial charge in [-0.2, -0.15) is 0 Å². The fourth-order valence-electron chi connectivity index (χ4n) is 9.66. The number of rotatable bonds is 51. The van der Waals surface area contributed by atoms with E-state index in [2.05, 4.69) is 71.9 Å². The van der Waals surface area contributed by atoms with Crippen LogP contribution in [0.15, 0.2) is 0 Å². The Morgan fingerprint density at radius 3 is 0.912 bits per heavy atom. The standard InChI is InChI=1S/C50H112N18/c51-13-17-55-26-39-68(50-11-4-12-50)40-27-59-25-36-66(44-41-63(30-14-52)33-22-57-19-18-56-20-21-60-47-5-1-6-47)35-24-58-23-34-64(31-15-53)42-45-67(38-29-62-49-9-3-10-49)46-43-65(32-16-54)37-28-61-48-7-2-8-48/h47-50,55-62H,1-46,51-54H2. The summed E-state index contributed by atoms with van der Waals surface area (Å²) < 4.78 is 0. The molecular formula is C50H112N18. The van der Waals surface area contributed by atoms with Gasteiger partial charge in [-0.25, -0.2) is 0 Å². The summed E-state index contributed by atoms with van der Waals surface area (Å²) in [5.74, 6) is 0. The zero-order valence-electron chi connectivity index (χ0n) is 43.8. The van der Waals surface area contributed by atoms with Crippen LogP contribution in [0.1, 0.15) is 77.0 Å². The minimum absolute atomic E-state index is 0.690. The second-order valence-electron chi connectivity index (χ2n) is 20.5. The molecule has 0 amide bonds. The highest BCUT2D eigenvalue weighted by molar-refractivity contribution is 4.82. The van der Waals surface area contributed by atoms with Crippen molar-refractivity contribution in [2.24, 2.45) is 22.9 Å². The smallest absolute Gasteiger partial charge is 0.0110 e. The van der Waals surface area contributed by atoms with Crippen LogP contribution < -0.4 is 65.5 Å². The molecule has 0 bridgehead atoms. The Morgan fingerprint density at radius 1 is 0.265 bits per heavy atom. The first kappa shape index (κ1) is 59.8. The fourth-order valence-corrected chi connectivity index (χ4v) is 9.66. The van der Waals surface area contributed by atoms with Crippen LogP contribution in [0.3, 0.4) is 0 Å². The maximum atomic E-state index is 6.20. The maximum Gasteiger partial charge on any atom is 0.0110 e. The van der Waals surface area contributed by atoms with Crippen LogP contribution in [0.4, 0.5) is 0 Å². The number of hydrogen-bond donors (Lipinski definition) is 12. The summed E-state index contributed by atoms with van der Waals surface area (Å²) in [5, 5.41) is 29.6. The molecule has 402 valence electrons. The number of nitrogens with two attached hydrogens (primary N) is 4. The first-order valence-electron chi connectivity index (χ1n) is 28.5. The molecule has 0 aromatic carbocycles. The third kappa shape index (κ3) is 28.5. The summed E-state index contributed by atoms with van der Waals surface area (Å²) >= 11 is 0. The summed E-state index contributed by atoms with van der Waals surface area (Å²) in [6, 6.07) is 2.97. The molecule has 4 aliphatic rings. The predicted octanol–water partition coefficient (Wildman–Crippen LogP) is -2.44. The average molecular weight is 966 g/mol. The molecule has 16 N–H and O–H groups in total. The van der Waals surface area contributed by atoms with Crippen LogP contribution in [0.2, 0.25) is 0 Å². The van der Waals surface area contributed by atoms with Crippen molar-refractivity contribution in [3.63, 3.8) is 0 Å². The lowest BCUT2D eigenvalue weighted by molar-refractivity contribution is 0.128. The van der Waals surface area contributed by atoms with Gasteiger partial charge in [0.05, 0.1) is 0 Å². The first-order chi connectivity index (χ1) is 33.6. The van der Waals surface area contributed by atoms with E-state index < -0.39 is 0 Å². The lowest BCUT2D eigenvalue weighted by atomic mass is 9.91. The topological polar surface area (TPSA) is 220 Å². The van der Waals surface area contributed by atoms with Gasteiger partial charge in [0.2, 0.25) is 0 Å². The van der Waals surface area contributed by atoms with Crippen molar-refractivity contribution in [2.75, 3.05) is 223 Å². The molecule has 4 saturated carbocycles. The van der Waals surface area contributed by atoms with E-state index in [1.54, 1.807) is 0 Å². The van der Waals surface area contributed by atoms with E-state index >= 15 is 0 Å². The fraction of sp³-hybridized carbons (Fsp3) is 1.00. The van der Waals surface area contributed by atoms with Crippen molar-refractivity contribution >= 4 is 0 Å². The van der Waals surface area contributed by atoms with Crippen LogP contribution in [0, 0.1) is 0 Å². The number of nitrogens with zero attached hydrogens (tertiary/aromatic N) is 6. The molecule has 0 atom stereocenters. The molecule has 0 spiro atoms. The Labute approximate surface area is 417 Å². The van der Waals surface area contributed by atoms with E-state index in [1.807, 2.05) is 0 Å². The summed E-state index contributed by atoms with van der Waals surface area (Å²) in [7, 11) is 0. The quantitative estimate of drug-likeness (QED) is 0.0285. The second-order valence-corrected chi connectivity index (χ2v) is 20.5. The number of hydrogen-bond acceptors (Lipinski definition) is 18. The Morgan fingerprint density at radius 2 is 0.559 bits per heavy atom. The van der Waals surface area contributed by atoms with Crippen molar-refractivity contribution < 1.29 is 0 Å². The van der Waals surface area contributed by atoms with E-state index in [9.17, 15) is 0 Å². The van der Waals surface area contributed by atoms with E-state index in [0.29, 0.717) is 26.2 Å². The van der Waals surface area contributed by atoms with Gasteiger partial charge in [-0.05, 0) is 51.4 Å². The van der Waals surface area contributed by atoms with Crippen LogP contribution >= 0.6 is 0 Å². The van der Waals surface area contributed by atoms with Gasteiger partial charge < -0.3 is 65.5 Å². The maximum absolute atomic E-state index is 6.20. The zero-order chi connectivity index (χ0) is 48.0. The Hall–Kier alpha value is -0.720. The van der Waals surface area contributed by atoms with Crippen molar-refractivity contribution in [1.82, 2.24) is 71.9 Å². The highest BCUT2D eigenvalue weighted by Crippen LogP contribution is 2.24. The highest BCUT2D eigenvalue weighted by atomic mass is 15.3. The van der Waals surface area contributed by atoms with Crippen LogP contribution in [0.25, 0.3) is 0 Å². The molecule has 4 fully saturated rings. The molecule has 0 aliphatic heterocycles. The Balaban J connectivity index is 1.18. The molecule has 0 saturated heterocycles. The van der Waals surface area contributed by atoms with E-state index in [4.69, 9.17) is 22.9 Å². The largest absolute Gasteiger partial charge is 0.329 e. The second kappa shape index (κ2) is 40.7. The minimum Gasteiger partial charge on any atom is -0.329 e. The monoisotopic (exact) mass is 965 g/mol. The third-order valence-corrected chi connectivity index (χ3v) is 15.3. The van der Waals surface area contributed by atoms with Gasteiger partial charge >= 0.3 is 0 Å². The molecule has 18 heteroatoms. The van der Waals surface area contributed by atoms with Gasteiger partial charge in [-0.3, -0.25) is 29.4 Å². The first-order valence-corrected chi connectivity index (χ1v) is 28.5. The van der Waals surface area contributed by atoms with Gasteiger partial charge in [0.15, 0.2) is 0 Å². The minimum atomic E-state index is 0.690. The molecule has 4 rings (SSSR count).